The van der Waals surface area contributed by atoms with Crippen molar-refractivity contribution in [2.24, 2.45) is 4.99 Å². The lowest BCUT2D eigenvalue weighted by Gasteiger charge is -1.88. The van der Waals surface area contributed by atoms with Crippen LogP contribution < -0.4 is 0 Å². The summed E-state index contributed by atoms with van der Waals surface area (Å²) in [6.45, 7) is 0.330. The molecule has 1 aromatic rings. The minimum atomic E-state index is 0.0856. The predicted octanol–water partition coefficient (Wildman–Crippen LogP) is 1.28. The summed E-state index contributed by atoms with van der Waals surface area (Å²) in [7, 11) is 0. The number of rotatable bonds is 0. The van der Waals surface area contributed by atoms with E-state index in [9.17, 15) is 4.79 Å². The van der Waals surface area contributed by atoms with Crippen molar-refractivity contribution in [3.8, 4) is 0 Å². The minimum absolute atomic E-state index is 0.0856. The van der Waals surface area contributed by atoms with Crippen molar-refractivity contribution >= 4 is 12.0 Å². The molecule has 1 aromatic heterocycles. The van der Waals surface area contributed by atoms with E-state index >= 15 is 0 Å². The van der Waals surface area contributed by atoms with Gasteiger partial charge < -0.3 is 0 Å². The normalized spacial score (nSPS) is 13.4. The number of carbonyl (C=O) groups is 1. The van der Waals surface area contributed by atoms with Gasteiger partial charge in [0.2, 0.25) is 0 Å². The predicted molar refractivity (Wildman–Crippen MR) is 51.7 cm³/mol. The zero-order valence-electron chi connectivity index (χ0n) is 7.13. The third-order valence-corrected chi connectivity index (χ3v) is 1.29. The smallest absolute Gasteiger partial charge is 0.177 e. The zero-order valence-corrected chi connectivity index (χ0v) is 7.13. The fraction of sp³-hybridized carbons (Fsp3) is 0.100. The van der Waals surface area contributed by atoms with Crippen LogP contribution in [0.4, 0.5) is 0 Å². The number of aromatic nitrogens is 1. The van der Waals surface area contributed by atoms with Crippen LogP contribution in [0, 0.1) is 0 Å². The van der Waals surface area contributed by atoms with Gasteiger partial charge in [-0.2, -0.15) is 0 Å². The van der Waals surface area contributed by atoms with Crippen LogP contribution in [-0.4, -0.2) is 23.5 Å². The summed E-state index contributed by atoms with van der Waals surface area (Å²) in [6, 6.07) is 5.72. The van der Waals surface area contributed by atoms with Gasteiger partial charge >= 0.3 is 0 Å². The summed E-state index contributed by atoms with van der Waals surface area (Å²) < 4.78 is 0. The first-order chi connectivity index (χ1) is 6.39. The number of hydrogen-bond donors (Lipinski definition) is 0. The van der Waals surface area contributed by atoms with Gasteiger partial charge in [0.25, 0.3) is 0 Å². The molecule has 1 aliphatic heterocycles. The van der Waals surface area contributed by atoms with Crippen molar-refractivity contribution in [3.63, 3.8) is 0 Å². The third-order valence-electron chi connectivity index (χ3n) is 1.29. The second kappa shape index (κ2) is 5.83. The largest absolute Gasteiger partial charge is 0.293 e. The van der Waals surface area contributed by atoms with Crippen LogP contribution in [0.1, 0.15) is 0 Å². The van der Waals surface area contributed by atoms with E-state index in [1.54, 1.807) is 24.7 Å². The molecule has 0 radical (unpaired) electrons. The second-order valence-corrected chi connectivity index (χ2v) is 2.34. The molecule has 3 heteroatoms. The maximum atomic E-state index is 10.3. The molecule has 0 aromatic carbocycles. The first-order valence-corrected chi connectivity index (χ1v) is 3.94. The van der Waals surface area contributed by atoms with Crippen molar-refractivity contribution in [1.29, 1.82) is 0 Å². The monoisotopic (exact) mass is 174 g/mol. The molecule has 13 heavy (non-hydrogen) atoms. The Balaban J connectivity index is 0.000000132. The van der Waals surface area contributed by atoms with Gasteiger partial charge in [-0.05, 0) is 24.3 Å². The van der Waals surface area contributed by atoms with E-state index in [0.717, 1.165) is 0 Å². The summed E-state index contributed by atoms with van der Waals surface area (Å²) in [6.07, 6.45) is 8.29. The van der Waals surface area contributed by atoms with Crippen LogP contribution in [0.25, 0.3) is 0 Å². The highest BCUT2D eigenvalue weighted by molar-refractivity contribution is 5.98. The Morgan fingerprint density at radius 1 is 1.15 bits per heavy atom. The summed E-state index contributed by atoms with van der Waals surface area (Å²) in [4.78, 5) is 17.7. The maximum absolute atomic E-state index is 10.3. The lowest BCUT2D eigenvalue weighted by Crippen LogP contribution is -2.00. The number of ketones is 1. The van der Waals surface area contributed by atoms with Crippen molar-refractivity contribution in [2.45, 2.75) is 0 Å². The molecule has 0 N–H and O–H groups in total. The minimum Gasteiger partial charge on any atom is -0.293 e. The van der Waals surface area contributed by atoms with Crippen molar-refractivity contribution in [1.82, 2.24) is 4.98 Å². The van der Waals surface area contributed by atoms with Gasteiger partial charge in [-0.15, -0.1) is 0 Å². The van der Waals surface area contributed by atoms with Crippen molar-refractivity contribution in [3.05, 3.63) is 42.7 Å². The van der Waals surface area contributed by atoms with E-state index in [1.165, 1.54) is 6.08 Å². The Hall–Kier alpha value is -1.77. The van der Waals surface area contributed by atoms with E-state index in [-0.39, 0.29) is 5.78 Å². The molecule has 2 heterocycles. The first-order valence-electron chi connectivity index (χ1n) is 3.94. The summed E-state index contributed by atoms with van der Waals surface area (Å²) in [5, 5.41) is 0. The van der Waals surface area contributed by atoms with Crippen LogP contribution in [0.5, 0.6) is 0 Å². The Bertz CT molecular complexity index is 277. The van der Waals surface area contributed by atoms with Gasteiger partial charge in [-0.3, -0.25) is 14.8 Å². The molecule has 1 aliphatic rings. The molecule has 2 rings (SSSR count). The number of allylic oxidation sites excluding steroid dienone is 1. The number of pyridine rings is 1. The van der Waals surface area contributed by atoms with E-state index in [2.05, 4.69) is 9.98 Å². The molecule has 3 nitrogen and oxygen atoms in total. The van der Waals surface area contributed by atoms with Gasteiger partial charge in [0.15, 0.2) is 5.78 Å². The van der Waals surface area contributed by atoms with Gasteiger partial charge in [0.05, 0.1) is 0 Å². The highest BCUT2D eigenvalue weighted by atomic mass is 16.1. The zero-order chi connectivity index (χ0) is 9.36. The molecule has 0 amide bonds. The lowest BCUT2D eigenvalue weighted by molar-refractivity contribution is -0.113. The average Bonchev–Trinajstić information content (AvgIpc) is 2.22. The second-order valence-electron chi connectivity index (χ2n) is 2.34. The highest BCUT2D eigenvalue weighted by Crippen LogP contribution is 1.83. The van der Waals surface area contributed by atoms with E-state index < -0.39 is 0 Å². The fourth-order valence-corrected chi connectivity index (χ4v) is 0.719. The van der Waals surface area contributed by atoms with E-state index in [4.69, 9.17) is 0 Å². The molecular formula is C10H10N2O. The van der Waals surface area contributed by atoms with Crippen LogP contribution in [0.3, 0.4) is 0 Å². The van der Waals surface area contributed by atoms with Gasteiger partial charge in [0.1, 0.15) is 6.54 Å². The van der Waals surface area contributed by atoms with Crippen LogP contribution >= 0.6 is 0 Å². The van der Waals surface area contributed by atoms with E-state index in [0.29, 0.717) is 6.54 Å². The number of aliphatic imine (C=N–C) groups is 1. The quantitative estimate of drug-likeness (QED) is 0.594. The standard InChI is InChI=1S/C5H5NO.C5H5N/c7-5-2-1-3-6-4-5;1-2-4-6-5-3-1/h1-3H,4H2;1-5H. The Labute approximate surface area is 76.8 Å². The SMILES string of the molecule is O=C1C=CC=NC1.c1ccncc1. The number of carbonyl (C=O) groups excluding carboxylic acids is 1. The maximum Gasteiger partial charge on any atom is 0.177 e. The van der Waals surface area contributed by atoms with Gasteiger partial charge in [0, 0.05) is 18.6 Å². The van der Waals surface area contributed by atoms with Gasteiger partial charge in [-0.25, -0.2) is 0 Å². The Morgan fingerprint density at radius 3 is 2.15 bits per heavy atom. The molecule has 0 saturated heterocycles. The molecule has 0 bridgehead atoms. The summed E-state index contributed by atoms with van der Waals surface area (Å²) >= 11 is 0. The molecule has 0 aliphatic carbocycles. The van der Waals surface area contributed by atoms with Crippen LogP contribution in [0.15, 0.2) is 47.7 Å². The molecule has 0 atom stereocenters. The number of hydrogen-bond acceptors (Lipinski definition) is 3. The lowest BCUT2D eigenvalue weighted by atomic mass is 10.3. The Kier molecular flexibility index (Phi) is 4.18. The topological polar surface area (TPSA) is 42.3 Å². The molecule has 0 spiro atoms. The van der Waals surface area contributed by atoms with Crippen LogP contribution in [-0.2, 0) is 4.79 Å². The van der Waals surface area contributed by atoms with Gasteiger partial charge in [-0.1, -0.05) is 6.07 Å². The third kappa shape index (κ3) is 4.63. The average molecular weight is 174 g/mol. The molecule has 66 valence electrons. The molecule has 0 fully saturated rings. The van der Waals surface area contributed by atoms with Crippen molar-refractivity contribution in [2.75, 3.05) is 6.54 Å². The van der Waals surface area contributed by atoms with E-state index in [1.807, 2.05) is 18.2 Å². The van der Waals surface area contributed by atoms with Crippen LogP contribution in [0.2, 0.25) is 0 Å². The number of nitrogens with zero attached hydrogens (tertiary/aromatic N) is 2. The summed E-state index contributed by atoms with van der Waals surface area (Å²) in [5.74, 6) is 0.0856. The molecular weight excluding hydrogens is 164 g/mol. The Morgan fingerprint density at radius 2 is 1.92 bits per heavy atom. The first kappa shape index (κ1) is 9.32. The fourth-order valence-electron chi connectivity index (χ4n) is 0.719. The molecule has 0 saturated carbocycles. The van der Waals surface area contributed by atoms with Crippen molar-refractivity contribution < 1.29 is 4.79 Å². The number of dihydropyridines is 1. The summed E-state index contributed by atoms with van der Waals surface area (Å²) in [5.41, 5.74) is 0. The highest BCUT2D eigenvalue weighted by Gasteiger charge is 1.93. The molecule has 0 unspecified atom stereocenters.